The molecule has 1 aromatic heterocycles. The minimum atomic E-state index is 0.948. The second-order valence-corrected chi connectivity index (χ2v) is 5.86. The first-order valence-corrected chi connectivity index (χ1v) is 7.89. The van der Waals surface area contributed by atoms with Crippen LogP contribution in [0.15, 0.2) is 48.8 Å². The van der Waals surface area contributed by atoms with E-state index < -0.39 is 0 Å². The van der Waals surface area contributed by atoms with Crippen molar-refractivity contribution >= 4 is 5.69 Å². The number of anilines is 1. The summed E-state index contributed by atoms with van der Waals surface area (Å²) < 4.78 is 2.15. The first-order valence-electron chi connectivity index (χ1n) is 7.89. The highest BCUT2D eigenvalue weighted by Crippen LogP contribution is 2.26. The molecule has 0 unspecified atom stereocenters. The van der Waals surface area contributed by atoms with Crippen molar-refractivity contribution in [2.45, 2.75) is 38.5 Å². The summed E-state index contributed by atoms with van der Waals surface area (Å²) >= 11 is 0. The van der Waals surface area contributed by atoms with Crippen molar-refractivity contribution in [3.63, 3.8) is 0 Å². The third kappa shape index (κ3) is 3.44. The van der Waals surface area contributed by atoms with Crippen molar-refractivity contribution in [3.8, 4) is 5.69 Å². The van der Waals surface area contributed by atoms with Crippen LogP contribution in [0.3, 0.4) is 0 Å². The number of hydrogen-bond donors (Lipinski definition) is 1. The van der Waals surface area contributed by atoms with Gasteiger partial charge >= 0.3 is 0 Å². The second kappa shape index (κ2) is 6.65. The molecule has 0 radical (unpaired) electrons. The van der Waals surface area contributed by atoms with Gasteiger partial charge in [0.1, 0.15) is 0 Å². The van der Waals surface area contributed by atoms with E-state index in [0.29, 0.717) is 0 Å². The summed E-state index contributed by atoms with van der Waals surface area (Å²) in [5.41, 5.74) is 2.45. The third-order valence-corrected chi connectivity index (χ3v) is 4.36. The zero-order chi connectivity index (χ0) is 13.6. The molecule has 0 atom stereocenters. The highest BCUT2D eigenvalue weighted by molar-refractivity contribution is 5.51. The zero-order valence-electron chi connectivity index (χ0n) is 12.1. The summed E-state index contributed by atoms with van der Waals surface area (Å²) in [4.78, 5) is 0. The lowest BCUT2D eigenvalue weighted by atomic mass is 9.87. The normalized spacial score (nSPS) is 16.2. The van der Waals surface area contributed by atoms with E-state index in [1.807, 2.05) is 0 Å². The van der Waals surface area contributed by atoms with Crippen molar-refractivity contribution in [2.75, 3.05) is 11.9 Å². The predicted molar refractivity (Wildman–Crippen MR) is 85.5 cm³/mol. The fourth-order valence-corrected chi connectivity index (χ4v) is 3.18. The van der Waals surface area contributed by atoms with E-state index in [4.69, 9.17) is 0 Å². The van der Waals surface area contributed by atoms with Crippen LogP contribution in [0.25, 0.3) is 5.69 Å². The SMILES string of the molecule is c1cc(NCCC2CCCCC2)cc(-n2cccc2)c1. The maximum Gasteiger partial charge on any atom is 0.0469 e. The van der Waals surface area contributed by atoms with Crippen LogP contribution < -0.4 is 5.32 Å². The van der Waals surface area contributed by atoms with Gasteiger partial charge in [-0.25, -0.2) is 0 Å². The summed E-state index contributed by atoms with van der Waals surface area (Å²) in [7, 11) is 0. The van der Waals surface area contributed by atoms with Crippen molar-refractivity contribution in [2.24, 2.45) is 5.92 Å². The Morgan fingerprint density at radius 3 is 2.60 bits per heavy atom. The smallest absolute Gasteiger partial charge is 0.0469 e. The van der Waals surface area contributed by atoms with Crippen LogP contribution in [0.5, 0.6) is 0 Å². The number of rotatable bonds is 5. The quantitative estimate of drug-likeness (QED) is 0.819. The average Bonchev–Trinajstić information content (AvgIpc) is 3.03. The molecule has 1 N–H and O–H groups in total. The first-order chi connectivity index (χ1) is 9.92. The van der Waals surface area contributed by atoms with Crippen molar-refractivity contribution < 1.29 is 0 Å². The van der Waals surface area contributed by atoms with E-state index in [2.05, 4.69) is 58.7 Å². The molecule has 3 rings (SSSR count). The molecule has 1 aliphatic rings. The summed E-state index contributed by atoms with van der Waals surface area (Å²) in [6, 6.07) is 12.8. The number of aromatic nitrogens is 1. The van der Waals surface area contributed by atoms with Gasteiger partial charge < -0.3 is 9.88 Å². The molecule has 0 bridgehead atoms. The average molecular weight is 268 g/mol. The monoisotopic (exact) mass is 268 g/mol. The topological polar surface area (TPSA) is 17.0 Å². The van der Waals surface area contributed by atoms with Gasteiger partial charge in [-0.3, -0.25) is 0 Å². The largest absolute Gasteiger partial charge is 0.385 e. The highest BCUT2D eigenvalue weighted by Gasteiger charge is 2.12. The molecule has 106 valence electrons. The highest BCUT2D eigenvalue weighted by atomic mass is 14.9. The fraction of sp³-hybridized carbons (Fsp3) is 0.444. The molecular weight excluding hydrogens is 244 g/mol. The Morgan fingerprint density at radius 1 is 1.00 bits per heavy atom. The lowest BCUT2D eigenvalue weighted by molar-refractivity contribution is 0.345. The van der Waals surface area contributed by atoms with E-state index >= 15 is 0 Å². The van der Waals surface area contributed by atoms with Crippen molar-refractivity contribution in [3.05, 3.63) is 48.8 Å². The van der Waals surface area contributed by atoms with Gasteiger partial charge in [0.15, 0.2) is 0 Å². The minimum Gasteiger partial charge on any atom is -0.385 e. The number of nitrogens with zero attached hydrogens (tertiary/aromatic N) is 1. The van der Waals surface area contributed by atoms with E-state index in [0.717, 1.165) is 12.5 Å². The zero-order valence-corrected chi connectivity index (χ0v) is 12.1. The Labute approximate surface area is 121 Å². The van der Waals surface area contributed by atoms with Gasteiger partial charge in [-0.15, -0.1) is 0 Å². The Hall–Kier alpha value is -1.70. The van der Waals surface area contributed by atoms with Crippen LogP contribution in [0.4, 0.5) is 5.69 Å². The van der Waals surface area contributed by atoms with Crippen LogP contribution >= 0.6 is 0 Å². The third-order valence-electron chi connectivity index (χ3n) is 4.36. The molecule has 0 spiro atoms. The Bertz CT molecular complexity index is 510. The van der Waals surface area contributed by atoms with E-state index in [1.165, 1.54) is 49.9 Å². The predicted octanol–water partition coefficient (Wildman–Crippen LogP) is 4.86. The lowest BCUT2D eigenvalue weighted by Crippen LogP contribution is -2.12. The number of nitrogens with one attached hydrogen (secondary N) is 1. The molecule has 0 saturated heterocycles. The van der Waals surface area contributed by atoms with Crippen LogP contribution in [0.1, 0.15) is 38.5 Å². The maximum atomic E-state index is 3.58. The van der Waals surface area contributed by atoms with Crippen LogP contribution in [-0.2, 0) is 0 Å². The van der Waals surface area contributed by atoms with Gasteiger partial charge in [0.05, 0.1) is 0 Å². The number of hydrogen-bond acceptors (Lipinski definition) is 1. The molecule has 1 saturated carbocycles. The molecule has 1 heterocycles. The molecule has 2 aromatic rings. The van der Waals surface area contributed by atoms with Gasteiger partial charge in [-0.2, -0.15) is 0 Å². The molecule has 2 nitrogen and oxygen atoms in total. The molecule has 1 fully saturated rings. The molecular formula is C18H24N2. The van der Waals surface area contributed by atoms with Crippen molar-refractivity contribution in [1.29, 1.82) is 0 Å². The maximum absolute atomic E-state index is 3.58. The standard InChI is InChI=1S/C18H24N2/c1-2-7-16(8-3-1)11-12-19-17-9-6-10-18(15-17)20-13-4-5-14-20/h4-6,9-10,13-16,19H,1-3,7-8,11-12H2. The molecule has 2 heteroatoms. The van der Waals surface area contributed by atoms with Crippen molar-refractivity contribution in [1.82, 2.24) is 4.57 Å². The summed E-state index contributed by atoms with van der Waals surface area (Å²) in [5, 5.41) is 3.58. The Balaban J connectivity index is 1.53. The molecule has 20 heavy (non-hydrogen) atoms. The van der Waals surface area contributed by atoms with Gasteiger partial charge in [0.25, 0.3) is 0 Å². The van der Waals surface area contributed by atoms with E-state index in [-0.39, 0.29) is 0 Å². The molecule has 0 aliphatic heterocycles. The van der Waals surface area contributed by atoms with Gasteiger partial charge in [0.2, 0.25) is 0 Å². The number of benzene rings is 1. The second-order valence-electron chi connectivity index (χ2n) is 5.86. The van der Waals surface area contributed by atoms with Crippen LogP contribution in [-0.4, -0.2) is 11.1 Å². The Kier molecular flexibility index (Phi) is 4.42. The minimum absolute atomic E-state index is 0.948. The molecule has 0 amide bonds. The summed E-state index contributed by atoms with van der Waals surface area (Å²) in [6.07, 6.45) is 12.7. The van der Waals surface area contributed by atoms with Crippen LogP contribution in [0, 0.1) is 5.92 Å². The van der Waals surface area contributed by atoms with Crippen LogP contribution in [0.2, 0.25) is 0 Å². The molecule has 1 aromatic carbocycles. The summed E-state index contributed by atoms with van der Waals surface area (Å²) in [5.74, 6) is 0.948. The lowest BCUT2D eigenvalue weighted by Gasteiger charge is -2.21. The first kappa shape index (κ1) is 13.3. The Morgan fingerprint density at radius 2 is 1.80 bits per heavy atom. The summed E-state index contributed by atoms with van der Waals surface area (Å²) in [6.45, 7) is 1.10. The van der Waals surface area contributed by atoms with Gasteiger partial charge in [-0.1, -0.05) is 38.2 Å². The van der Waals surface area contributed by atoms with E-state index in [1.54, 1.807) is 0 Å². The fourth-order valence-electron chi connectivity index (χ4n) is 3.18. The molecule has 1 aliphatic carbocycles. The van der Waals surface area contributed by atoms with E-state index in [9.17, 15) is 0 Å². The van der Waals surface area contributed by atoms with Gasteiger partial charge in [0, 0.05) is 30.3 Å². The van der Waals surface area contributed by atoms with Gasteiger partial charge in [-0.05, 0) is 42.7 Å².